The van der Waals surface area contributed by atoms with E-state index in [0.717, 1.165) is 5.69 Å². The molecule has 0 N–H and O–H groups in total. The van der Waals surface area contributed by atoms with Gasteiger partial charge in [0.25, 0.3) is 0 Å². The standard InChI is InChI=1S/C10H8Cl2N2/c11-10(12)6-7-13-8-14(10)9-4-2-1-3-5-9/h1-8H. The number of rotatable bonds is 1. The van der Waals surface area contributed by atoms with Crippen LogP contribution in [0.25, 0.3) is 0 Å². The van der Waals surface area contributed by atoms with Crippen molar-refractivity contribution in [2.75, 3.05) is 4.90 Å². The number of hydrogen-bond acceptors (Lipinski definition) is 2. The highest BCUT2D eigenvalue weighted by Gasteiger charge is 2.30. The Morgan fingerprint density at radius 3 is 2.50 bits per heavy atom. The average Bonchev–Trinajstić information content (AvgIpc) is 2.18. The van der Waals surface area contributed by atoms with E-state index in [9.17, 15) is 0 Å². The number of anilines is 1. The minimum Gasteiger partial charge on any atom is -0.296 e. The van der Waals surface area contributed by atoms with E-state index >= 15 is 0 Å². The maximum absolute atomic E-state index is 6.09. The average molecular weight is 227 g/mol. The summed E-state index contributed by atoms with van der Waals surface area (Å²) in [6, 6.07) is 9.62. The predicted octanol–water partition coefficient (Wildman–Crippen LogP) is 3.18. The minimum atomic E-state index is -1.05. The molecule has 72 valence electrons. The van der Waals surface area contributed by atoms with Crippen molar-refractivity contribution >= 4 is 35.2 Å². The highest BCUT2D eigenvalue weighted by atomic mass is 35.5. The summed E-state index contributed by atoms with van der Waals surface area (Å²) < 4.78 is -1.05. The van der Waals surface area contributed by atoms with Crippen LogP contribution in [-0.4, -0.2) is 10.8 Å². The summed E-state index contributed by atoms with van der Waals surface area (Å²) in [6.07, 6.45) is 4.82. The van der Waals surface area contributed by atoms with Gasteiger partial charge in [0.05, 0.1) is 6.34 Å². The third-order valence-electron chi connectivity index (χ3n) is 1.90. The van der Waals surface area contributed by atoms with Crippen molar-refractivity contribution in [3.8, 4) is 0 Å². The van der Waals surface area contributed by atoms with Crippen LogP contribution in [0.3, 0.4) is 0 Å². The summed E-state index contributed by atoms with van der Waals surface area (Å²) in [6.45, 7) is 0. The summed E-state index contributed by atoms with van der Waals surface area (Å²) >= 11 is 12.2. The van der Waals surface area contributed by atoms with Crippen molar-refractivity contribution in [1.82, 2.24) is 0 Å². The SMILES string of the molecule is ClC1(Cl)C=CN=CN1c1ccccc1. The molecular formula is C10H8Cl2N2. The fraction of sp³-hybridized carbons (Fsp3) is 0.100. The number of hydrogen-bond donors (Lipinski definition) is 0. The first kappa shape index (κ1) is 9.56. The van der Waals surface area contributed by atoms with E-state index < -0.39 is 4.46 Å². The molecule has 0 fully saturated rings. The number of para-hydroxylation sites is 1. The second-order valence-corrected chi connectivity index (χ2v) is 4.22. The maximum atomic E-state index is 6.09. The smallest absolute Gasteiger partial charge is 0.216 e. The first-order valence-electron chi connectivity index (χ1n) is 4.13. The van der Waals surface area contributed by atoms with Gasteiger partial charge in [-0.3, -0.25) is 4.90 Å². The molecule has 0 aromatic heterocycles. The van der Waals surface area contributed by atoms with E-state index in [1.54, 1.807) is 23.5 Å². The molecule has 2 rings (SSSR count). The van der Waals surface area contributed by atoms with E-state index in [1.165, 1.54) is 0 Å². The Morgan fingerprint density at radius 1 is 1.14 bits per heavy atom. The molecule has 1 aromatic carbocycles. The van der Waals surface area contributed by atoms with Crippen LogP contribution in [0.5, 0.6) is 0 Å². The van der Waals surface area contributed by atoms with Crippen LogP contribution in [0.2, 0.25) is 0 Å². The summed E-state index contributed by atoms with van der Waals surface area (Å²) in [5.41, 5.74) is 0.908. The van der Waals surface area contributed by atoms with Crippen molar-refractivity contribution in [2.45, 2.75) is 4.46 Å². The Morgan fingerprint density at radius 2 is 1.86 bits per heavy atom. The largest absolute Gasteiger partial charge is 0.296 e. The molecule has 0 spiro atoms. The van der Waals surface area contributed by atoms with Gasteiger partial charge in [-0.2, -0.15) is 0 Å². The van der Waals surface area contributed by atoms with Gasteiger partial charge in [-0.25, -0.2) is 4.99 Å². The van der Waals surface area contributed by atoms with Gasteiger partial charge in [0.2, 0.25) is 4.46 Å². The third kappa shape index (κ3) is 1.76. The van der Waals surface area contributed by atoms with Crippen molar-refractivity contribution in [3.05, 3.63) is 42.6 Å². The lowest BCUT2D eigenvalue weighted by atomic mass is 10.3. The molecule has 0 saturated heterocycles. The van der Waals surface area contributed by atoms with Crippen LogP contribution in [0.15, 0.2) is 47.6 Å². The molecule has 2 nitrogen and oxygen atoms in total. The summed E-state index contributed by atoms with van der Waals surface area (Å²) in [5.74, 6) is 0. The summed E-state index contributed by atoms with van der Waals surface area (Å²) in [5, 5.41) is 0. The lowest BCUT2D eigenvalue weighted by Crippen LogP contribution is -2.38. The number of aliphatic imine (C=N–C) groups is 1. The van der Waals surface area contributed by atoms with Gasteiger partial charge >= 0.3 is 0 Å². The molecule has 1 heterocycles. The zero-order valence-electron chi connectivity index (χ0n) is 7.27. The summed E-state index contributed by atoms with van der Waals surface area (Å²) in [7, 11) is 0. The monoisotopic (exact) mass is 226 g/mol. The molecule has 0 radical (unpaired) electrons. The second-order valence-electron chi connectivity index (χ2n) is 2.87. The van der Waals surface area contributed by atoms with Gasteiger partial charge in [0.15, 0.2) is 0 Å². The molecule has 1 aromatic rings. The maximum Gasteiger partial charge on any atom is 0.216 e. The molecule has 0 saturated carbocycles. The van der Waals surface area contributed by atoms with Gasteiger partial charge in [0, 0.05) is 11.9 Å². The Kier molecular flexibility index (Phi) is 2.48. The molecule has 4 heteroatoms. The van der Waals surface area contributed by atoms with E-state index in [4.69, 9.17) is 23.2 Å². The number of alkyl halides is 2. The molecule has 0 atom stereocenters. The quantitative estimate of drug-likeness (QED) is 0.531. The van der Waals surface area contributed by atoms with Crippen LogP contribution in [-0.2, 0) is 0 Å². The molecule has 1 aliphatic rings. The van der Waals surface area contributed by atoms with E-state index in [0.29, 0.717) is 0 Å². The molecule has 0 aliphatic carbocycles. The first-order valence-corrected chi connectivity index (χ1v) is 4.89. The predicted molar refractivity (Wildman–Crippen MR) is 61.0 cm³/mol. The number of benzene rings is 1. The number of halogens is 2. The van der Waals surface area contributed by atoms with Gasteiger partial charge < -0.3 is 0 Å². The van der Waals surface area contributed by atoms with Crippen LogP contribution in [0.1, 0.15) is 0 Å². The van der Waals surface area contributed by atoms with Gasteiger partial charge in [-0.1, -0.05) is 41.4 Å². The highest BCUT2D eigenvalue weighted by molar-refractivity contribution is 6.52. The zero-order valence-corrected chi connectivity index (χ0v) is 8.78. The Bertz CT molecular complexity index is 371. The lowest BCUT2D eigenvalue weighted by molar-refractivity contribution is 0.973. The van der Waals surface area contributed by atoms with E-state index in [2.05, 4.69) is 4.99 Å². The molecule has 0 bridgehead atoms. The Hall–Kier alpha value is -0.990. The van der Waals surface area contributed by atoms with Gasteiger partial charge in [0.1, 0.15) is 0 Å². The number of nitrogens with zero attached hydrogens (tertiary/aromatic N) is 2. The fourth-order valence-electron chi connectivity index (χ4n) is 1.22. The van der Waals surface area contributed by atoms with Crippen LogP contribution in [0.4, 0.5) is 5.69 Å². The lowest BCUT2D eigenvalue weighted by Gasteiger charge is -2.31. The first-order chi connectivity index (χ1) is 6.70. The van der Waals surface area contributed by atoms with Gasteiger partial charge in [-0.15, -0.1) is 0 Å². The Labute approximate surface area is 92.5 Å². The fourth-order valence-corrected chi connectivity index (χ4v) is 1.62. The van der Waals surface area contributed by atoms with Crippen LogP contribution >= 0.6 is 23.2 Å². The highest BCUT2D eigenvalue weighted by Crippen LogP contribution is 2.33. The van der Waals surface area contributed by atoms with Crippen molar-refractivity contribution in [1.29, 1.82) is 0 Å². The Balaban J connectivity index is 2.36. The molecule has 14 heavy (non-hydrogen) atoms. The van der Waals surface area contributed by atoms with Crippen molar-refractivity contribution in [2.24, 2.45) is 4.99 Å². The molecule has 0 unspecified atom stereocenters. The van der Waals surface area contributed by atoms with Crippen molar-refractivity contribution in [3.63, 3.8) is 0 Å². The van der Waals surface area contributed by atoms with Crippen molar-refractivity contribution < 1.29 is 0 Å². The molecular weight excluding hydrogens is 219 g/mol. The van der Waals surface area contributed by atoms with E-state index in [1.807, 2.05) is 30.3 Å². The van der Waals surface area contributed by atoms with Crippen LogP contribution in [0, 0.1) is 0 Å². The van der Waals surface area contributed by atoms with Crippen LogP contribution < -0.4 is 4.90 Å². The summed E-state index contributed by atoms with van der Waals surface area (Å²) in [4.78, 5) is 5.67. The third-order valence-corrected chi connectivity index (χ3v) is 2.52. The minimum absolute atomic E-state index is 0.908. The zero-order chi connectivity index (χ0) is 10.0. The topological polar surface area (TPSA) is 15.6 Å². The van der Waals surface area contributed by atoms with E-state index in [-0.39, 0.29) is 0 Å². The van der Waals surface area contributed by atoms with Gasteiger partial charge in [-0.05, 0) is 18.2 Å². The second kappa shape index (κ2) is 3.64. The normalized spacial score (nSPS) is 18.6. The molecule has 0 amide bonds. The molecule has 1 aliphatic heterocycles.